The van der Waals surface area contributed by atoms with Crippen molar-refractivity contribution in [2.24, 2.45) is 5.73 Å². The lowest BCUT2D eigenvalue weighted by atomic mass is 10.1. The van der Waals surface area contributed by atoms with Gasteiger partial charge >= 0.3 is 0 Å². The highest BCUT2D eigenvalue weighted by Gasteiger charge is 2.03. The van der Waals surface area contributed by atoms with E-state index >= 15 is 0 Å². The molecule has 0 aliphatic heterocycles. The summed E-state index contributed by atoms with van der Waals surface area (Å²) in [6, 6.07) is 7.75. The van der Waals surface area contributed by atoms with Gasteiger partial charge in [0.2, 0.25) is 5.91 Å². The number of nitrogens with one attached hydrogen (secondary N) is 1. The Bertz CT molecular complexity index is 369. The van der Waals surface area contributed by atoms with E-state index in [0.29, 0.717) is 19.7 Å². The minimum Gasteiger partial charge on any atom is -0.496 e. The molecule has 0 aliphatic carbocycles. The van der Waals surface area contributed by atoms with Crippen molar-refractivity contribution in [1.29, 1.82) is 0 Å². The number of ether oxygens (including phenoxy) is 2. The molecule has 1 aromatic rings. The van der Waals surface area contributed by atoms with Gasteiger partial charge in [-0.05, 0) is 18.1 Å². The van der Waals surface area contributed by atoms with E-state index in [4.69, 9.17) is 15.2 Å². The summed E-state index contributed by atoms with van der Waals surface area (Å²) in [4.78, 5) is 11.4. The zero-order valence-electron chi connectivity index (χ0n) is 10.6. The van der Waals surface area contributed by atoms with Crippen LogP contribution in [0.25, 0.3) is 0 Å². The van der Waals surface area contributed by atoms with Gasteiger partial charge in [-0.1, -0.05) is 18.2 Å². The Morgan fingerprint density at radius 3 is 2.89 bits per heavy atom. The third-order valence-electron chi connectivity index (χ3n) is 2.40. The van der Waals surface area contributed by atoms with Crippen LogP contribution in [0, 0.1) is 0 Å². The molecule has 0 aromatic heterocycles. The number of rotatable bonds is 8. The maximum absolute atomic E-state index is 11.4. The van der Waals surface area contributed by atoms with Crippen LogP contribution in [0.5, 0.6) is 5.75 Å². The van der Waals surface area contributed by atoms with Crippen molar-refractivity contribution >= 4 is 5.91 Å². The van der Waals surface area contributed by atoms with Crippen LogP contribution in [0.15, 0.2) is 24.3 Å². The molecule has 100 valence electrons. The standard InChI is InChI=1S/C13H20N2O3/c1-17-12-5-3-2-4-11(12)6-8-15-13(16)10-18-9-7-14/h2-5H,6-10,14H2,1H3,(H,15,16). The lowest BCUT2D eigenvalue weighted by Crippen LogP contribution is -2.30. The Morgan fingerprint density at radius 1 is 1.39 bits per heavy atom. The highest BCUT2D eigenvalue weighted by Crippen LogP contribution is 2.17. The van der Waals surface area contributed by atoms with E-state index in [-0.39, 0.29) is 12.5 Å². The van der Waals surface area contributed by atoms with E-state index in [1.807, 2.05) is 24.3 Å². The first-order chi connectivity index (χ1) is 8.77. The van der Waals surface area contributed by atoms with E-state index in [1.54, 1.807) is 7.11 Å². The van der Waals surface area contributed by atoms with Gasteiger partial charge in [0.1, 0.15) is 12.4 Å². The molecule has 0 unspecified atom stereocenters. The predicted molar refractivity (Wildman–Crippen MR) is 69.6 cm³/mol. The zero-order valence-corrected chi connectivity index (χ0v) is 10.6. The van der Waals surface area contributed by atoms with Gasteiger partial charge in [-0.3, -0.25) is 4.79 Å². The molecule has 1 rings (SSSR count). The average Bonchev–Trinajstić information content (AvgIpc) is 2.39. The molecule has 3 N–H and O–H groups in total. The first-order valence-corrected chi connectivity index (χ1v) is 5.94. The van der Waals surface area contributed by atoms with Gasteiger partial charge < -0.3 is 20.5 Å². The Labute approximate surface area is 107 Å². The highest BCUT2D eigenvalue weighted by molar-refractivity contribution is 5.77. The molecule has 1 amide bonds. The molecule has 0 radical (unpaired) electrons. The van der Waals surface area contributed by atoms with Crippen LogP contribution in [0.2, 0.25) is 0 Å². The number of methoxy groups -OCH3 is 1. The third-order valence-corrected chi connectivity index (χ3v) is 2.40. The van der Waals surface area contributed by atoms with Crippen LogP contribution in [-0.2, 0) is 16.0 Å². The van der Waals surface area contributed by atoms with Crippen LogP contribution >= 0.6 is 0 Å². The highest BCUT2D eigenvalue weighted by atomic mass is 16.5. The van der Waals surface area contributed by atoms with Crippen molar-refractivity contribution < 1.29 is 14.3 Å². The molecule has 0 saturated heterocycles. The second-order valence-electron chi connectivity index (χ2n) is 3.75. The first kappa shape index (κ1) is 14.5. The molecule has 0 aliphatic rings. The van der Waals surface area contributed by atoms with Crippen LogP contribution in [0.4, 0.5) is 0 Å². The maximum Gasteiger partial charge on any atom is 0.246 e. The van der Waals surface area contributed by atoms with Crippen LogP contribution < -0.4 is 15.8 Å². The summed E-state index contributed by atoms with van der Waals surface area (Å²) in [5, 5.41) is 2.78. The van der Waals surface area contributed by atoms with Crippen molar-refractivity contribution in [3.63, 3.8) is 0 Å². The summed E-state index contributed by atoms with van der Waals surface area (Å²) >= 11 is 0. The number of amides is 1. The van der Waals surface area contributed by atoms with Crippen molar-refractivity contribution in [1.82, 2.24) is 5.32 Å². The Morgan fingerprint density at radius 2 is 2.17 bits per heavy atom. The van der Waals surface area contributed by atoms with Crippen LogP contribution in [0.1, 0.15) is 5.56 Å². The Kier molecular flexibility index (Phi) is 6.83. The number of carbonyl (C=O) groups excluding carboxylic acids is 1. The van der Waals surface area contributed by atoms with Crippen molar-refractivity contribution in [2.45, 2.75) is 6.42 Å². The number of carbonyl (C=O) groups is 1. The lowest BCUT2D eigenvalue weighted by Gasteiger charge is -2.09. The minimum absolute atomic E-state index is 0.0587. The van der Waals surface area contributed by atoms with Gasteiger partial charge in [-0.2, -0.15) is 0 Å². The van der Waals surface area contributed by atoms with E-state index in [0.717, 1.165) is 17.7 Å². The van der Waals surface area contributed by atoms with Gasteiger partial charge in [0, 0.05) is 13.1 Å². The Hall–Kier alpha value is -1.59. The number of hydrogen-bond donors (Lipinski definition) is 2. The summed E-state index contributed by atoms with van der Waals surface area (Å²) in [6.45, 7) is 1.45. The van der Waals surface area contributed by atoms with Crippen molar-refractivity contribution in [2.75, 3.05) is 33.4 Å². The third kappa shape index (κ3) is 5.16. The van der Waals surface area contributed by atoms with E-state index in [9.17, 15) is 4.79 Å². The maximum atomic E-state index is 11.4. The molecule has 0 fully saturated rings. The van der Waals surface area contributed by atoms with Gasteiger partial charge in [-0.25, -0.2) is 0 Å². The number of nitrogens with two attached hydrogens (primary N) is 1. The molecule has 5 heteroatoms. The fourth-order valence-corrected chi connectivity index (χ4v) is 1.55. The topological polar surface area (TPSA) is 73.6 Å². The number of hydrogen-bond acceptors (Lipinski definition) is 4. The fraction of sp³-hybridized carbons (Fsp3) is 0.462. The number of benzene rings is 1. The van der Waals surface area contributed by atoms with Gasteiger partial charge in [-0.15, -0.1) is 0 Å². The quantitative estimate of drug-likeness (QED) is 0.654. The molecular weight excluding hydrogens is 232 g/mol. The Balaban J connectivity index is 2.26. The van der Waals surface area contributed by atoms with Crippen LogP contribution in [-0.4, -0.2) is 39.3 Å². The molecular formula is C13H20N2O3. The summed E-state index contributed by atoms with van der Waals surface area (Å²) in [7, 11) is 1.64. The van der Waals surface area contributed by atoms with E-state index < -0.39 is 0 Å². The molecule has 0 bridgehead atoms. The monoisotopic (exact) mass is 252 g/mol. The summed E-state index contributed by atoms with van der Waals surface area (Å²) < 4.78 is 10.3. The molecule has 5 nitrogen and oxygen atoms in total. The smallest absolute Gasteiger partial charge is 0.246 e. The van der Waals surface area contributed by atoms with Gasteiger partial charge in [0.15, 0.2) is 0 Å². The molecule has 0 spiro atoms. The second kappa shape index (κ2) is 8.49. The molecule has 0 atom stereocenters. The second-order valence-corrected chi connectivity index (χ2v) is 3.75. The van der Waals surface area contributed by atoms with Crippen molar-refractivity contribution in [3.05, 3.63) is 29.8 Å². The van der Waals surface area contributed by atoms with Crippen LogP contribution in [0.3, 0.4) is 0 Å². The lowest BCUT2D eigenvalue weighted by molar-refractivity contribution is -0.125. The molecule has 0 heterocycles. The van der Waals surface area contributed by atoms with Crippen molar-refractivity contribution in [3.8, 4) is 5.75 Å². The molecule has 18 heavy (non-hydrogen) atoms. The largest absolute Gasteiger partial charge is 0.496 e. The normalized spacial score (nSPS) is 10.1. The van der Waals surface area contributed by atoms with Gasteiger partial charge in [0.05, 0.1) is 13.7 Å². The van der Waals surface area contributed by atoms with E-state index in [1.165, 1.54) is 0 Å². The zero-order chi connectivity index (χ0) is 13.2. The minimum atomic E-state index is -0.127. The molecule has 0 saturated carbocycles. The summed E-state index contributed by atoms with van der Waals surface area (Å²) in [5.74, 6) is 0.712. The van der Waals surface area contributed by atoms with E-state index in [2.05, 4.69) is 5.32 Å². The van der Waals surface area contributed by atoms with Gasteiger partial charge in [0.25, 0.3) is 0 Å². The predicted octanol–water partition coefficient (Wildman–Crippen LogP) is 0.329. The molecule has 1 aromatic carbocycles. The first-order valence-electron chi connectivity index (χ1n) is 5.94. The fourth-order valence-electron chi connectivity index (χ4n) is 1.55. The number of para-hydroxylation sites is 1. The average molecular weight is 252 g/mol. The summed E-state index contributed by atoms with van der Waals surface area (Å²) in [5.41, 5.74) is 6.32. The SMILES string of the molecule is COc1ccccc1CCNC(=O)COCCN. The summed E-state index contributed by atoms with van der Waals surface area (Å²) in [6.07, 6.45) is 0.729.